The Bertz CT molecular complexity index is 701. The fourth-order valence-electron chi connectivity index (χ4n) is 3.19. The number of halogens is 1. The Morgan fingerprint density at radius 1 is 1.26 bits per heavy atom. The first-order chi connectivity index (χ1) is 11.2. The molecular formula is C19H20FNO2. The van der Waals surface area contributed by atoms with Gasteiger partial charge in [-0.15, -0.1) is 0 Å². The fraction of sp³-hybridized carbons (Fsp3) is 0.316. The van der Waals surface area contributed by atoms with Crippen LogP contribution in [0.4, 0.5) is 4.39 Å². The van der Waals surface area contributed by atoms with Gasteiger partial charge < -0.3 is 9.64 Å². The number of likely N-dealkylation sites (tertiary alicyclic amines) is 1. The monoisotopic (exact) mass is 313 g/mol. The molecular weight excluding hydrogens is 293 g/mol. The molecule has 0 radical (unpaired) electrons. The van der Waals surface area contributed by atoms with Crippen LogP contribution in [-0.2, 0) is 11.2 Å². The molecule has 1 aliphatic rings. The highest BCUT2D eigenvalue weighted by Crippen LogP contribution is 2.33. The Morgan fingerprint density at radius 3 is 2.87 bits per heavy atom. The van der Waals surface area contributed by atoms with Crippen LogP contribution >= 0.6 is 0 Å². The Balaban J connectivity index is 1.77. The molecule has 3 nitrogen and oxygen atoms in total. The molecule has 0 spiro atoms. The summed E-state index contributed by atoms with van der Waals surface area (Å²) in [6.07, 6.45) is 2.02. The summed E-state index contributed by atoms with van der Waals surface area (Å²) in [4.78, 5) is 14.5. The lowest BCUT2D eigenvalue weighted by Crippen LogP contribution is -2.32. The van der Waals surface area contributed by atoms with Crippen molar-refractivity contribution < 1.29 is 13.9 Å². The number of hydrogen-bond donors (Lipinski definition) is 0. The number of benzene rings is 2. The minimum atomic E-state index is -0.237. The third-order valence-corrected chi connectivity index (χ3v) is 4.33. The van der Waals surface area contributed by atoms with E-state index in [0.29, 0.717) is 18.5 Å². The second-order valence-electron chi connectivity index (χ2n) is 5.79. The number of rotatable bonds is 4. The molecule has 3 rings (SSSR count). The summed E-state index contributed by atoms with van der Waals surface area (Å²) in [7, 11) is 1.61. The summed E-state index contributed by atoms with van der Waals surface area (Å²) < 4.78 is 19.2. The van der Waals surface area contributed by atoms with Crippen LogP contribution in [0.5, 0.6) is 5.75 Å². The van der Waals surface area contributed by atoms with E-state index in [1.54, 1.807) is 24.1 Å². The number of ether oxygens (including phenoxy) is 1. The Hall–Kier alpha value is -2.36. The fourth-order valence-corrected chi connectivity index (χ4v) is 3.19. The molecule has 0 aromatic heterocycles. The van der Waals surface area contributed by atoms with Crippen molar-refractivity contribution in [2.24, 2.45) is 0 Å². The van der Waals surface area contributed by atoms with E-state index in [1.165, 1.54) is 6.07 Å². The molecule has 1 saturated heterocycles. The van der Waals surface area contributed by atoms with Gasteiger partial charge in [0.25, 0.3) is 0 Å². The zero-order chi connectivity index (χ0) is 16.2. The lowest BCUT2D eigenvalue weighted by Gasteiger charge is -2.25. The molecule has 4 heteroatoms. The first-order valence-electron chi connectivity index (χ1n) is 7.86. The summed E-state index contributed by atoms with van der Waals surface area (Å²) in [6, 6.07) is 14.1. The van der Waals surface area contributed by atoms with Crippen molar-refractivity contribution in [3.63, 3.8) is 0 Å². The van der Waals surface area contributed by atoms with Crippen LogP contribution in [0.3, 0.4) is 0 Å². The average molecular weight is 313 g/mol. The zero-order valence-electron chi connectivity index (χ0n) is 13.2. The topological polar surface area (TPSA) is 29.5 Å². The minimum Gasteiger partial charge on any atom is -0.497 e. The molecule has 1 amide bonds. The van der Waals surface area contributed by atoms with E-state index >= 15 is 0 Å². The summed E-state index contributed by atoms with van der Waals surface area (Å²) >= 11 is 0. The van der Waals surface area contributed by atoms with Crippen molar-refractivity contribution in [3.8, 4) is 5.75 Å². The quantitative estimate of drug-likeness (QED) is 0.860. The Morgan fingerprint density at radius 2 is 2.09 bits per heavy atom. The van der Waals surface area contributed by atoms with Crippen LogP contribution in [0.25, 0.3) is 0 Å². The molecule has 1 fully saturated rings. The summed E-state index contributed by atoms with van der Waals surface area (Å²) in [5.74, 6) is 0.532. The van der Waals surface area contributed by atoms with Crippen molar-refractivity contribution in [2.75, 3.05) is 13.7 Å². The van der Waals surface area contributed by atoms with Crippen LogP contribution in [0.15, 0.2) is 48.5 Å². The van der Waals surface area contributed by atoms with E-state index in [1.807, 2.05) is 30.3 Å². The van der Waals surface area contributed by atoms with Crippen molar-refractivity contribution in [3.05, 3.63) is 65.5 Å². The van der Waals surface area contributed by atoms with Crippen molar-refractivity contribution in [1.82, 2.24) is 4.90 Å². The van der Waals surface area contributed by atoms with E-state index < -0.39 is 0 Å². The van der Waals surface area contributed by atoms with Gasteiger partial charge in [-0.25, -0.2) is 4.39 Å². The highest BCUT2D eigenvalue weighted by molar-refractivity contribution is 5.79. The molecule has 1 aliphatic heterocycles. The first kappa shape index (κ1) is 15.5. The van der Waals surface area contributed by atoms with E-state index in [4.69, 9.17) is 4.74 Å². The molecule has 1 atom stereocenters. The number of nitrogens with zero attached hydrogens (tertiary/aromatic N) is 1. The second-order valence-corrected chi connectivity index (χ2v) is 5.79. The van der Waals surface area contributed by atoms with Gasteiger partial charge in [-0.2, -0.15) is 0 Å². The smallest absolute Gasteiger partial charge is 0.227 e. The maximum absolute atomic E-state index is 14.0. The zero-order valence-corrected chi connectivity index (χ0v) is 13.2. The third kappa shape index (κ3) is 3.36. The summed E-state index contributed by atoms with van der Waals surface area (Å²) in [6.45, 7) is 0.682. The molecule has 2 aromatic rings. The van der Waals surface area contributed by atoms with Gasteiger partial charge in [0.2, 0.25) is 5.91 Å². The van der Waals surface area contributed by atoms with Gasteiger partial charge in [-0.1, -0.05) is 30.3 Å². The average Bonchev–Trinajstić information content (AvgIpc) is 3.05. The van der Waals surface area contributed by atoms with E-state index in [0.717, 1.165) is 24.2 Å². The number of methoxy groups -OCH3 is 1. The van der Waals surface area contributed by atoms with Crippen LogP contribution in [-0.4, -0.2) is 24.5 Å². The molecule has 120 valence electrons. The minimum absolute atomic E-state index is 0.0315. The van der Waals surface area contributed by atoms with Gasteiger partial charge in [0.05, 0.1) is 19.6 Å². The lowest BCUT2D eigenvalue weighted by molar-refractivity contribution is -0.131. The maximum atomic E-state index is 14.0. The molecule has 1 heterocycles. The standard InChI is InChI=1S/C19H20FNO2/c1-23-15-7-4-6-14(12-15)13-19(22)21-11-5-10-18(21)16-8-2-3-9-17(16)20/h2-4,6-9,12,18H,5,10-11,13H2,1H3/t18-/m1/s1. The van der Waals surface area contributed by atoms with Gasteiger partial charge in [0, 0.05) is 12.1 Å². The number of carbonyl (C=O) groups excluding carboxylic acids is 1. The second kappa shape index (κ2) is 6.82. The molecule has 0 unspecified atom stereocenters. The molecule has 0 N–H and O–H groups in total. The van der Waals surface area contributed by atoms with Gasteiger partial charge in [0.15, 0.2) is 0 Å². The molecule has 23 heavy (non-hydrogen) atoms. The first-order valence-corrected chi connectivity index (χ1v) is 7.86. The molecule has 0 saturated carbocycles. The van der Waals surface area contributed by atoms with Crippen LogP contribution < -0.4 is 4.74 Å². The summed E-state index contributed by atoms with van der Waals surface area (Å²) in [5, 5.41) is 0. The third-order valence-electron chi connectivity index (χ3n) is 4.33. The summed E-state index contributed by atoms with van der Waals surface area (Å²) in [5.41, 5.74) is 1.53. The predicted octanol–water partition coefficient (Wildman–Crippen LogP) is 3.74. The van der Waals surface area contributed by atoms with E-state index in [9.17, 15) is 9.18 Å². The normalized spacial score (nSPS) is 17.3. The van der Waals surface area contributed by atoms with Crippen molar-refractivity contribution in [1.29, 1.82) is 0 Å². The Labute approximate surface area is 135 Å². The van der Waals surface area contributed by atoms with E-state index in [-0.39, 0.29) is 17.8 Å². The maximum Gasteiger partial charge on any atom is 0.227 e. The van der Waals surface area contributed by atoms with Crippen molar-refractivity contribution in [2.45, 2.75) is 25.3 Å². The van der Waals surface area contributed by atoms with Crippen molar-refractivity contribution >= 4 is 5.91 Å². The number of hydrogen-bond acceptors (Lipinski definition) is 2. The van der Waals surface area contributed by atoms with Crippen LogP contribution in [0.1, 0.15) is 30.0 Å². The number of carbonyl (C=O) groups is 1. The van der Waals surface area contributed by atoms with E-state index in [2.05, 4.69) is 0 Å². The van der Waals surface area contributed by atoms with Gasteiger partial charge in [-0.05, 0) is 36.6 Å². The van der Waals surface area contributed by atoms with Gasteiger partial charge in [0.1, 0.15) is 11.6 Å². The Kier molecular flexibility index (Phi) is 4.60. The lowest BCUT2D eigenvalue weighted by atomic mass is 10.0. The molecule has 2 aromatic carbocycles. The largest absolute Gasteiger partial charge is 0.497 e. The van der Waals surface area contributed by atoms with Gasteiger partial charge in [-0.3, -0.25) is 4.79 Å². The number of amides is 1. The van der Waals surface area contributed by atoms with Crippen LogP contribution in [0, 0.1) is 5.82 Å². The molecule has 0 bridgehead atoms. The predicted molar refractivity (Wildman–Crippen MR) is 86.8 cm³/mol. The SMILES string of the molecule is COc1cccc(CC(=O)N2CCC[C@@H]2c2ccccc2F)c1. The molecule has 0 aliphatic carbocycles. The van der Waals surface area contributed by atoms with Gasteiger partial charge >= 0.3 is 0 Å². The van der Waals surface area contributed by atoms with Crippen LogP contribution in [0.2, 0.25) is 0 Å². The highest BCUT2D eigenvalue weighted by atomic mass is 19.1. The highest BCUT2D eigenvalue weighted by Gasteiger charge is 2.31.